The lowest BCUT2D eigenvalue weighted by Crippen LogP contribution is -2.33. The molecule has 0 spiro atoms. The van der Waals surface area contributed by atoms with E-state index in [9.17, 15) is 9.90 Å². The lowest BCUT2D eigenvalue weighted by atomic mass is 10.0. The number of amides is 1. The number of nitrogens with zero attached hydrogens (tertiary/aromatic N) is 2. The van der Waals surface area contributed by atoms with Crippen molar-refractivity contribution in [2.24, 2.45) is 7.05 Å². The summed E-state index contributed by atoms with van der Waals surface area (Å²) in [7, 11) is 3.63. The van der Waals surface area contributed by atoms with Crippen molar-refractivity contribution in [1.82, 2.24) is 9.47 Å². The minimum Gasteiger partial charge on any atom is -0.396 e. The summed E-state index contributed by atoms with van der Waals surface area (Å²) in [5.74, 6) is -0.0418. The van der Waals surface area contributed by atoms with Crippen LogP contribution in [0.15, 0.2) is 48.7 Å². The fourth-order valence-electron chi connectivity index (χ4n) is 2.39. The Morgan fingerprint density at radius 3 is 2.50 bits per heavy atom. The molecule has 1 unspecified atom stereocenters. The standard InChI is InChI=1S/C16H20N2O2/c1-17-11-6-9-15(17)16(20)18(2)14(10-12-19)13-7-4-3-5-8-13/h3-9,11,14,19H,10,12H2,1-2H3. The quantitative estimate of drug-likeness (QED) is 0.907. The predicted molar refractivity (Wildman–Crippen MR) is 78.4 cm³/mol. The smallest absolute Gasteiger partial charge is 0.270 e. The van der Waals surface area contributed by atoms with E-state index in [0.29, 0.717) is 12.1 Å². The van der Waals surface area contributed by atoms with Gasteiger partial charge in [-0.15, -0.1) is 0 Å². The number of hydrogen-bond acceptors (Lipinski definition) is 2. The molecule has 0 aliphatic rings. The first-order chi connectivity index (χ1) is 9.65. The summed E-state index contributed by atoms with van der Waals surface area (Å²) in [5.41, 5.74) is 1.68. The van der Waals surface area contributed by atoms with E-state index in [2.05, 4.69) is 0 Å². The third kappa shape index (κ3) is 2.91. The van der Waals surface area contributed by atoms with Crippen molar-refractivity contribution in [1.29, 1.82) is 0 Å². The summed E-state index contributed by atoms with van der Waals surface area (Å²) in [6, 6.07) is 13.3. The number of aryl methyl sites for hydroxylation is 1. The zero-order valence-corrected chi connectivity index (χ0v) is 11.9. The number of hydrogen-bond donors (Lipinski definition) is 1. The van der Waals surface area contributed by atoms with Crippen LogP contribution in [0.5, 0.6) is 0 Å². The minimum atomic E-state index is -0.122. The van der Waals surface area contributed by atoms with Gasteiger partial charge < -0.3 is 14.6 Å². The second kappa shape index (κ2) is 6.39. The van der Waals surface area contributed by atoms with Gasteiger partial charge in [-0.25, -0.2) is 0 Å². The first-order valence-corrected chi connectivity index (χ1v) is 6.69. The van der Waals surface area contributed by atoms with Gasteiger partial charge in [-0.05, 0) is 24.1 Å². The molecular formula is C16H20N2O2. The first kappa shape index (κ1) is 14.3. The second-order valence-electron chi connectivity index (χ2n) is 4.86. The van der Waals surface area contributed by atoms with Crippen LogP contribution in [0.2, 0.25) is 0 Å². The van der Waals surface area contributed by atoms with E-state index in [1.165, 1.54) is 0 Å². The molecule has 0 aliphatic heterocycles. The van der Waals surface area contributed by atoms with Crippen LogP contribution in [0.1, 0.15) is 28.5 Å². The summed E-state index contributed by atoms with van der Waals surface area (Å²) in [6.45, 7) is 0.0460. The summed E-state index contributed by atoms with van der Waals surface area (Å²) < 4.78 is 1.81. The number of aliphatic hydroxyl groups excluding tert-OH is 1. The van der Waals surface area contributed by atoms with Gasteiger partial charge in [0.1, 0.15) is 5.69 Å². The van der Waals surface area contributed by atoms with Crippen LogP contribution >= 0.6 is 0 Å². The van der Waals surface area contributed by atoms with Crippen LogP contribution in [-0.4, -0.2) is 34.1 Å². The Bertz CT molecular complexity index is 563. The highest BCUT2D eigenvalue weighted by atomic mass is 16.3. The van der Waals surface area contributed by atoms with E-state index in [0.717, 1.165) is 5.56 Å². The number of carbonyl (C=O) groups excluding carboxylic acids is 1. The lowest BCUT2D eigenvalue weighted by molar-refractivity contribution is 0.0695. The molecule has 4 heteroatoms. The largest absolute Gasteiger partial charge is 0.396 e. The van der Waals surface area contributed by atoms with Crippen molar-refractivity contribution in [2.45, 2.75) is 12.5 Å². The van der Waals surface area contributed by atoms with Gasteiger partial charge in [-0.1, -0.05) is 30.3 Å². The van der Waals surface area contributed by atoms with Crippen LogP contribution < -0.4 is 0 Å². The third-order valence-electron chi connectivity index (χ3n) is 3.54. The number of aliphatic hydroxyl groups is 1. The van der Waals surface area contributed by atoms with Crippen LogP contribution in [0, 0.1) is 0 Å². The van der Waals surface area contributed by atoms with E-state index in [-0.39, 0.29) is 18.6 Å². The molecule has 1 aromatic carbocycles. The SMILES string of the molecule is CN(C(=O)c1cccn1C)C(CCO)c1ccccc1. The van der Waals surface area contributed by atoms with Crippen molar-refractivity contribution in [3.05, 3.63) is 59.9 Å². The van der Waals surface area contributed by atoms with Crippen LogP contribution in [0.3, 0.4) is 0 Å². The van der Waals surface area contributed by atoms with Crippen molar-refractivity contribution in [3.8, 4) is 0 Å². The highest BCUT2D eigenvalue weighted by Crippen LogP contribution is 2.24. The monoisotopic (exact) mass is 272 g/mol. The van der Waals surface area contributed by atoms with Gasteiger partial charge in [-0.2, -0.15) is 0 Å². The van der Waals surface area contributed by atoms with Gasteiger partial charge in [-0.3, -0.25) is 4.79 Å². The predicted octanol–water partition coefficient (Wildman–Crippen LogP) is 2.22. The molecule has 1 N–H and O–H groups in total. The molecule has 20 heavy (non-hydrogen) atoms. The van der Waals surface area contributed by atoms with E-state index >= 15 is 0 Å². The number of aromatic nitrogens is 1. The van der Waals surface area contributed by atoms with Gasteiger partial charge in [0.2, 0.25) is 0 Å². The molecule has 1 aromatic heterocycles. The zero-order chi connectivity index (χ0) is 14.5. The molecule has 106 valence electrons. The van der Waals surface area contributed by atoms with Crippen molar-refractivity contribution < 1.29 is 9.90 Å². The molecular weight excluding hydrogens is 252 g/mol. The summed E-state index contributed by atoms with van der Waals surface area (Å²) in [6.07, 6.45) is 2.38. The highest BCUT2D eigenvalue weighted by Gasteiger charge is 2.23. The molecule has 1 atom stereocenters. The van der Waals surface area contributed by atoms with Crippen LogP contribution in [0.4, 0.5) is 0 Å². The molecule has 0 saturated carbocycles. The molecule has 2 rings (SSSR count). The molecule has 0 bridgehead atoms. The molecule has 0 saturated heterocycles. The molecule has 0 fully saturated rings. The number of benzene rings is 1. The fraction of sp³-hybridized carbons (Fsp3) is 0.312. The average molecular weight is 272 g/mol. The number of rotatable bonds is 5. The summed E-state index contributed by atoms with van der Waals surface area (Å²) in [4.78, 5) is 14.2. The van der Waals surface area contributed by atoms with E-state index in [1.54, 1.807) is 22.6 Å². The Kier molecular flexibility index (Phi) is 4.58. The van der Waals surface area contributed by atoms with Crippen LogP contribution in [-0.2, 0) is 7.05 Å². The summed E-state index contributed by atoms with van der Waals surface area (Å²) >= 11 is 0. The van der Waals surface area contributed by atoms with E-state index in [1.807, 2.05) is 49.6 Å². The maximum Gasteiger partial charge on any atom is 0.270 e. The minimum absolute atomic E-state index is 0.0418. The molecule has 4 nitrogen and oxygen atoms in total. The van der Waals surface area contributed by atoms with E-state index < -0.39 is 0 Å². The molecule has 2 aromatic rings. The zero-order valence-electron chi connectivity index (χ0n) is 11.9. The van der Waals surface area contributed by atoms with Gasteiger partial charge in [0, 0.05) is 26.9 Å². The third-order valence-corrected chi connectivity index (χ3v) is 3.54. The Balaban J connectivity index is 2.26. The normalized spacial score (nSPS) is 12.2. The van der Waals surface area contributed by atoms with Gasteiger partial charge in [0.25, 0.3) is 5.91 Å². The molecule has 0 aliphatic carbocycles. The van der Waals surface area contributed by atoms with Gasteiger partial charge in [0.15, 0.2) is 0 Å². The first-order valence-electron chi connectivity index (χ1n) is 6.69. The van der Waals surface area contributed by atoms with Crippen LogP contribution in [0.25, 0.3) is 0 Å². The topological polar surface area (TPSA) is 45.5 Å². The lowest BCUT2D eigenvalue weighted by Gasteiger charge is -2.28. The Morgan fingerprint density at radius 2 is 1.95 bits per heavy atom. The van der Waals surface area contributed by atoms with E-state index in [4.69, 9.17) is 0 Å². The average Bonchev–Trinajstić information content (AvgIpc) is 2.90. The fourth-order valence-corrected chi connectivity index (χ4v) is 2.39. The Hall–Kier alpha value is -2.07. The Labute approximate surface area is 119 Å². The molecule has 0 radical (unpaired) electrons. The highest BCUT2D eigenvalue weighted by molar-refractivity contribution is 5.92. The maximum absolute atomic E-state index is 12.5. The molecule has 1 amide bonds. The van der Waals surface area contributed by atoms with Crippen molar-refractivity contribution >= 4 is 5.91 Å². The van der Waals surface area contributed by atoms with Crippen molar-refractivity contribution in [2.75, 3.05) is 13.7 Å². The second-order valence-corrected chi connectivity index (χ2v) is 4.86. The van der Waals surface area contributed by atoms with Crippen molar-refractivity contribution in [3.63, 3.8) is 0 Å². The molecule has 1 heterocycles. The maximum atomic E-state index is 12.5. The summed E-state index contributed by atoms with van der Waals surface area (Å²) in [5, 5.41) is 9.27. The van der Waals surface area contributed by atoms with Gasteiger partial charge in [0.05, 0.1) is 6.04 Å². The van der Waals surface area contributed by atoms with Gasteiger partial charge >= 0.3 is 0 Å². The Morgan fingerprint density at radius 1 is 1.25 bits per heavy atom. The number of carbonyl (C=O) groups is 1.